The van der Waals surface area contributed by atoms with E-state index in [4.69, 9.17) is 4.52 Å². The molecule has 1 saturated heterocycles. The van der Waals surface area contributed by atoms with Crippen molar-refractivity contribution in [3.63, 3.8) is 0 Å². The van der Waals surface area contributed by atoms with Crippen LogP contribution in [0.2, 0.25) is 0 Å². The number of sulfonamides is 1. The molecule has 15 heteroatoms. The molecule has 2 heterocycles. The third-order valence-electron chi connectivity index (χ3n) is 5.80. The van der Waals surface area contributed by atoms with Crippen molar-refractivity contribution in [1.82, 2.24) is 14.8 Å². The maximum absolute atomic E-state index is 14.8. The summed E-state index contributed by atoms with van der Waals surface area (Å²) in [5.41, 5.74) is -1.31. The first-order valence-electron chi connectivity index (χ1n) is 10.5. The third kappa shape index (κ3) is 4.49. The lowest BCUT2D eigenvalue weighted by Gasteiger charge is -2.26. The molecule has 2 aromatic carbocycles. The minimum absolute atomic E-state index is 0.219. The number of hydrogen-bond donors (Lipinski definition) is 3. The van der Waals surface area contributed by atoms with E-state index < -0.39 is 81.8 Å². The van der Waals surface area contributed by atoms with Crippen molar-refractivity contribution in [2.75, 3.05) is 24.2 Å². The van der Waals surface area contributed by atoms with Gasteiger partial charge in [-0.25, -0.2) is 39.9 Å². The molecule has 0 radical (unpaired) electrons. The van der Waals surface area contributed by atoms with Crippen LogP contribution in [-0.4, -0.2) is 66.5 Å². The summed E-state index contributed by atoms with van der Waals surface area (Å²) in [6, 6.07) is -0.813. The number of hydrogen-bond acceptors (Lipinski definition) is 6. The monoisotopic (exact) mass is 534 g/mol. The highest BCUT2D eigenvalue weighted by molar-refractivity contribution is 7.89. The number of aliphatic hydroxyl groups is 1. The van der Waals surface area contributed by atoms with Gasteiger partial charge in [0.1, 0.15) is 29.5 Å². The number of anilines is 1. The summed E-state index contributed by atoms with van der Waals surface area (Å²) in [7, 11) is -4.09. The number of carbonyl (C=O) groups is 1. The highest BCUT2D eigenvalue weighted by atomic mass is 32.2. The second-order valence-corrected chi connectivity index (χ2v) is 10.0. The fourth-order valence-corrected chi connectivity index (χ4v) is 4.83. The van der Waals surface area contributed by atoms with E-state index in [2.05, 4.69) is 10.5 Å². The highest BCUT2D eigenvalue weighted by Crippen LogP contribution is 2.39. The number of aliphatic hydroxyl groups excluding tert-OH is 1. The maximum atomic E-state index is 14.8. The molecule has 4 rings (SSSR count). The summed E-state index contributed by atoms with van der Waals surface area (Å²) in [5.74, 6) is -7.83. The van der Waals surface area contributed by atoms with Gasteiger partial charge in [0, 0.05) is 18.2 Å². The SMILES string of the molecule is CCS(=O)(=O)N[C@@H]1CN(C(=O)Nc2noc3cc(F)cc(-c4c(F)cccc4F)c23)[C@H](CO)C1(F)F. The normalized spacial score (nSPS) is 19.7. The summed E-state index contributed by atoms with van der Waals surface area (Å²) >= 11 is 0. The van der Waals surface area contributed by atoms with E-state index in [1.807, 2.05) is 4.72 Å². The largest absolute Gasteiger partial charge is 0.394 e. The molecule has 36 heavy (non-hydrogen) atoms. The standard InChI is InChI=1S/C21H19F5N4O5S/c1-2-36(33,34)29-15-8-30(16(9-31)21(15,25)26)20(32)27-19-18-11(6-10(22)7-14(18)35-28-19)17-12(23)4-3-5-13(17)24/h3-7,15-16,29,31H,2,8-9H2,1H3,(H,27,28,32)/t15-,16-/m1/s1. The first kappa shape index (κ1) is 25.8. The zero-order valence-corrected chi connectivity index (χ0v) is 19.3. The molecule has 3 aromatic rings. The van der Waals surface area contributed by atoms with Gasteiger partial charge in [-0.3, -0.25) is 5.32 Å². The number of aromatic nitrogens is 1. The second kappa shape index (κ2) is 9.29. The number of urea groups is 1. The van der Waals surface area contributed by atoms with E-state index in [1.54, 1.807) is 0 Å². The number of alkyl halides is 2. The lowest BCUT2D eigenvalue weighted by atomic mass is 10.00. The zero-order valence-electron chi connectivity index (χ0n) is 18.4. The van der Waals surface area contributed by atoms with Crippen LogP contribution in [0.4, 0.5) is 32.6 Å². The Bertz CT molecular complexity index is 1410. The summed E-state index contributed by atoms with van der Waals surface area (Å²) in [4.78, 5) is 13.4. The lowest BCUT2D eigenvalue weighted by Crippen LogP contribution is -2.51. The van der Waals surface area contributed by atoms with Crippen LogP contribution in [0.3, 0.4) is 0 Å². The van der Waals surface area contributed by atoms with Gasteiger partial charge in [0.25, 0.3) is 5.92 Å². The van der Waals surface area contributed by atoms with Gasteiger partial charge < -0.3 is 14.5 Å². The topological polar surface area (TPSA) is 125 Å². The second-order valence-electron chi connectivity index (χ2n) is 7.98. The van der Waals surface area contributed by atoms with Crippen LogP contribution >= 0.6 is 0 Å². The quantitative estimate of drug-likeness (QED) is 0.418. The predicted octanol–water partition coefficient (Wildman–Crippen LogP) is 3.06. The Morgan fingerprint density at radius 3 is 2.53 bits per heavy atom. The maximum Gasteiger partial charge on any atom is 0.323 e. The summed E-state index contributed by atoms with van der Waals surface area (Å²) in [5, 5.41) is 15.1. The Morgan fingerprint density at radius 2 is 1.92 bits per heavy atom. The number of benzene rings is 2. The summed E-state index contributed by atoms with van der Waals surface area (Å²) < 4.78 is 103. The third-order valence-corrected chi connectivity index (χ3v) is 7.20. The minimum Gasteiger partial charge on any atom is -0.394 e. The van der Waals surface area contributed by atoms with Crippen LogP contribution in [0, 0.1) is 17.5 Å². The molecule has 9 nitrogen and oxygen atoms in total. The molecule has 0 aliphatic carbocycles. The average Bonchev–Trinajstić information content (AvgIpc) is 3.30. The number of fused-ring (bicyclic) bond motifs is 1. The molecule has 2 amide bonds. The number of nitrogens with one attached hydrogen (secondary N) is 2. The molecular formula is C21H19F5N4O5S. The Labute approximate surface area is 200 Å². The van der Waals surface area contributed by atoms with Crippen molar-refractivity contribution in [1.29, 1.82) is 0 Å². The molecule has 0 unspecified atom stereocenters. The molecule has 3 N–H and O–H groups in total. The molecule has 0 spiro atoms. The molecule has 0 saturated carbocycles. The molecule has 1 fully saturated rings. The number of nitrogens with zero attached hydrogens (tertiary/aromatic N) is 2. The van der Waals surface area contributed by atoms with Gasteiger partial charge in [-0.1, -0.05) is 11.2 Å². The van der Waals surface area contributed by atoms with Gasteiger partial charge in [0.15, 0.2) is 11.4 Å². The Balaban J connectivity index is 1.72. The number of carbonyl (C=O) groups excluding carboxylic acids is 1. The molecule has 2 atom stereocenters. The lowest BCUT2D eigenvalue weighted by molar-refractivity contribution is -0.0557. The van der Waals surface area contributed by atoms with Crippen molar-refractivity contribution in [3.05, 3.63) is 47.8 Å². The summed E-state index contributed by atoms with van der Waals surface area (Å²) in [6.07, 6.45) is 0. The number of rotatable bonds is 6. The number of halogens is 5. The summed E-state index contributed by atoms with van der Waals surface area (Å²) in [6.45, 7) is -0.790. The average molecular weight is 534 g/mol. The van der Waals surface area contributed by atoms with E-state index in [-0.39, 0.29) is 16.5 Å². The molecule has 1 aromatic heterocycles. The molecule has 1 aliphatic rings. The molecule has 0 bridgehead atoms. The van der Waals surface area contributed by atoms with Crippen LogP contribution in [-0.2, 0) is 10.0 Å². The van der Waals surface area contributed by atoms with Gasteiger partial charge in [0.05, 0.1) is 23.3 Å². The van der Waals surface area contributed by atoms with Crippen molar-refractivity contribution < 1.29 is 44.8 Å². The zero-order chi connectivity index (χ0) is 26.4. The van der Waals surface area contributed by atoms with E-state index in [0.717, 1.165) is 30.3 Å². The Morgan fingerprint density at radius 1 is 1.25 bits per heavy atom. The van der Waals surface area contributed by atoms with Crippen LogP contribution in [0.5, 0.6) is 0 Å². The van der Waals surface area contributed by atoms with Crippen molar-refractivity contribution in [2.45, 2.75) is 24.9 Å². The first-order chi connectivity index (χ1) is 16.9. The van der Waals surface area contributed by atoms with Crippen LogP contribution in [0.25, 0.3) is 22.1 Å². The van der Waals surface area contributed by atoms with Crippen LogP contribution < -0.4 is 10.0 Å². The molecule has 1 aliphatic heterocycles. The van der Waals surface area contributed by atoms with Gasteiger partial charge in [-0.2, -0.15) is 0 Å². The smallest absolute Gasteiger partial charge is 0.323 e. The number of amides is 2. The van der Waals surface area contributed by atoms with Crippen molar-refractivity contribution in [2.24, 2.45) is 0 Å². The van der Waals surface area contributed by atoms with Crippen LogP contribution in [0.15, 0.2) is 34.9 Å². The first-order valence-corrected chi connectivity index (χ1v) is 12.1. The van der Waals surface area contributed by atoms with Gasteiger partial charge >= 0.3 is 6.03 Å². The van der Waals surface area contributed by atoms with E-state index in [0.29, 0.717) is 4.90 Å². The van der Waals surface area contributed by atoms with Gasteiger partial charge in [-0.15, -0.1) is 0 Å². The van der Waals surface area contributed by atoms with Gasteiger partial charge in [-0.05, 0) is 25.1 Å². The van der Waals surface area contributed by atoms with Crippen molar-refractivity contribution in [3.8, 4) is 11.1 Å². The van der Waals surface area contributed by atoms with Crippen molar-refractivity contribution >= 4 is 32.8 Å². The highest BCUT2D eigenvalue weighted by Gasteiger charge is 2.58. The fourth-order valence-electron chi connectivity index (χ4n) is 4.00. The molecule has 194 valence electrons. The Kier molecular flexibility index (Phi) is 6.66. The van der Waals surface area contributed by atoms with E-state index in [1.165, 1.54) is 6.92 Å². The predicted molar refractivity (Wildman–Crippen MR) is 117 cm³/mol. The minimum atomic E-state index is -4.09. The van der Waals surface area contributed by atoms with E-state index in [9.17, 15) is 40.3 Å². The van der Waals surface area contributed by atoms with E-state index >= 15 is 0 Å². The number of likely N-dealkylation sites (tertiary alicyclic amines) is 1. The fraction of sp³-hybridized carbons (Fsp3) is 0.333. The van der Waals surface area contributed by atoms with Crippen LogP contribution in [0.1, 0.15) is 6.92 Å². The van der Waals surface area contributed by atoms with Gasteiger partial charge in [0.2, 0.25) is 10.0 Å². The Hall–Kier alpha value is -3.30. The molecular weight excluding hydrogens is 515 g/mol.